The number of carboxylic acids is 1. The van der Waals surface area contributed by atoms with E-state index in [1.165, 1.54) is 6.07 Å². The summed E-state index contributed by atoms with van der Waals surface area (Å²) in [4.78, 5) is 39.7. The Bertz CT molecular complexity index is 1430. The molecule has 1 unspecified atom stereocenters. The van der Waals surface area contributed by atoms with Crippen molar-refractivity contribution in [3.05, 3.63) is 75.8 Å². The van der Waals surface area contributed by atoms with Gasteiger partial charge in [-0.3, -0.25) is 4.79 Å². The van der Waals surface area contributed by atoms with E-state index in [2.05, 4.69) is 10.3 Å². The van der Waals surface area contributed by atoms with Crippen molar-refractivity contribution in [2.75, 3.05) is 0 Å². The fourth-order valence-electron chi connectivity index (χ4n) is 4.08. The number of ether oxygens (including phenoxy) is 1. The Balaban J connectivity index is 1.51. The van der Waals surface area contributed by atoms with Crippen molar-refractivity contribution in [2.45, 2.75) is 45.8 Å². The van der Waals surface area contributed by atoms with Crippen LogP contribution in [0.3, 0.4) is 0 Å². The largest absolute Gasteiger partial charge is 0.480 e. The van der Waals surface area contributed by atoms with Gasteiger partial charge in [-0.2, -0.15) is 0 Å². The van der Waals surface area contributed by atoms with Gasteiger partial charge in [-0.1, -0.05) is 25.1 Å². The van der Waals surface area contributed by atoms with Crippen molar-refractivity contribution in [3.8, 4) is 5.75 Å². The van der Waals surface area contributed by atoms with Gasteiger partial charge in [0.2, 0.25) is 0 Å². The highest BCUT2D eigenvalue weighted by molar-refractivity contribution is 5.89. The zero-order chi connectivity index (χ0) is 24.4. The van der Waals surface area contributed by atoms with Gasteiger partial charge >= 0.3 is 11.6 Å². The van der Waals surface area contributed by atoms with E-state index in [9.17, 15) is 19.5 Å². The lowest BCUT2D eigenvalue weighted by Crippen LogP contribution is -2.47. The highest BCUT2D eigenvalue weighted by atomic mass is 16.5. The molecule has 8 nitrogen and oxygen atoms in total. The number of hydrogen-bond donors (Lipinski definition) is 3. The molecule has 1 amide bonds. The minimum absolute atomic E-state index is 0.123. The summed E-state index contributed by atoms with van der Waals surface area (Å²) in [6, 6.07) is 11.4. The maximum absolute atomic E-state index is 12.8. The Morgan fingerprint density at radius 1 is 1.15 bits per heavy atom. The number of carboxylic acid groups (broad SMARTS) is 1. The Morgan fingerprint density at radius 2 is 1.91 bits per heavy atom. The Hall–Kier alpha value is -4.07. The molecule has 0 saturated carbocycles. The summed E-state index contributed by atoms with van der Waals surface area (Å²) in [5, 5.41) is 14.0. The number of H-pyrrole nitrogens is 1. The van der Waals surface area contributed by atoms with Crippen LogP contribution in [0.25, 0.3) is 21.9 Å². The van der Waals surface area contributed by atoms with Gasteiger partial charge in [0.25, 0.3) is 5.91 Å². The lowest BCUT2D eigenvalue weighted by molar-refractivity contribution is -0.142. The predicted molar refractivity (Wildman–Crippen MR) is 128 cm³/mol. The zero-order valence-electron chi connectivity index (χ0n) is 19.2. The number of carbonyl (C=O) groups is 2. The van der Waals surface area contributed by atoms with Gasteiger partial charge in [0, 0.05) is 40.5 Å². The van der Waals surface area contributed by atoms with Crippen LogP contribution >= 0.6 is 0 Å². The van der Waals surface area contributed by atoms with Gasteiger partial charge in [-0.25, -0.2) is 9.59 Å². The monoisotopic (exact) mass is 462 g/mol. The molecule has 4 aromatic rings. The third-order valence-corrected chi connectivity index (χ3v) is 5.96. The summed E-state index contributed by atoms with van der Waals surface area (Å²) in [5.41, 5.74) is 3.12. The Morgan fingerprint density at radius 3 is 2.65 bits per heavy atom. The highest BCUT2D eigenvalue weighted by Crippen LogP contribution is 2.29. The standard InChI is InChI=1S/C26H26N2O6/c1-4-16-12-23(29)34-24-14(2)22(10-9-19(16)24)33-15(3)25(30)28-21(26(31)32)11-17-13-27-20-8-6-5-7-18(17)20/h5-10,12-13,15,21,27H,4,11H2,1-3H3,(H,28,30)(H,31,32)/t15?,21-/m0/s1. The number of para-hydroxylation sites is 1. The van der Waals surface area contributed by atoms with Crippen molar-refractivity contribution in [2.24, 2.45) is 0 Å². The molecule has 4 rings (SSSR count). The van der Waals surface area contributed by atoms with E-state index in [1.807, 2.05) is 31.2 Å². The summed E-state index contributed by atoms with van der Waals surface area (Å²) in [7, 11) is 0. The van der Waals surface area contributed by atoms with Gasteiger partial charge < -0.3 is 24.6 Å². The maximum Gasteiger partial charge on any atom is 0.336 e. The van der Waals surface area contributed by atoms with Gasteiger partial charge in [-0.05, 0) is 49.6 Å². The first-order valence-electron chi connectivity index (χ1n) is 11.1. The molecular weight excluding hydrogens is 436 g/mol. The summed E-state index contributed by atoms with van der Waals surface area (Å²) in [5.74, 6) is -1.31. The van der Waals surface area contributed by atoms with Crippen LogP contribution in [0, 0.1) is 6.92 Å². The molecule has 8 heteroatoms. The molecule has 0 radical (unpaired) electrons. The van der Waals surface area contributed by atoms with E-state index in [1.54, 1.807) is 32.2 Å². The molecule has 2 aromatic heterocycles. The summed E-state index contributed by atoms with van der Waals surface area (Å²) in [6.45, 7) is 5.25. The third kappa shape index (κ3) is 4.52. The first-order chi connectivity index (χ1) is 16.3. The topological polar surface area (TPSA) is 122 Å². The lowest BCUT2D eigenvalue weighted by Gasteiger charge is -2.20. The van der Waals surface area contributed by atoms with E-state index in [4.69, 9.17) is 9.15 Å². The smallest absolute Gasteiger partial charge is 0.336 e. The number of fused-ring (bicyclic) bond motifs is 2. The number of aryl methyl sites for hydroxylation is 2. The van der Waals surface area contributed by atoms with E-state index in [0.29, 0.717) is 23.3 Å². The van der Waals surface area contributed by atoms with Gasteiger partial charge in [0.05, 0.1) is 0 Å². The normalized spacial score (nSPS) is 13.0. The molecule has 0 fully saturated rings. The Kier molecular flexibility index (Phi) is 6.40. The molecule has 3 N–H and O–H groups in total. The van der Waals surface area contributed by atoms with Crippen LogP contribution in [0.2, 0.25) is 0 Å². The predicted octanol–water partition coefficient (Wildman–Crippen LogP) is 3.72. The second-order valence-electron chi connectivity index (χ2n) is 8.23. The quantitative estimate of drug-likeness (QED) is 0.343. The summed E-state index contributed by atoms with van der Waals surface area (Å²) >= 11 is 0. The fourth-order valence-corrected chi connectivity index (χ4v) is 4.08. The fraction of sp³-hybridized carbons (Fsp3) is 0.269. The van der Waals surface area contributed by atoms with Crippen LogP contribution in [0.4, 0.5) is 0 Å². The van der Waals surface area contributed by atoms with Crippen molar-refractivity contribution < 1.29 is 23.8 Å². The summed E-state index contributed by atoms with van der Waals surface area (Å²) in [6.07, 6.45) is 1.58. The number of aliphatic carboxylic acids is 1. The van der Waals surface area contributed by atoms with Crippen molar-refractivity contribution in [1.29, 1.82) is 0 Å². The number of hydrogen-bond acceptors (Lipinski definition) is 5. The number of aromatic amines is 1. The molecule has 2 aromatic carbocycles. The average Bonchev–Trinajstić information content (AvgIpc) is 3.22. The molecule has 0 aliphatic rings. The molecule has 0 saturated heterocycles. The Labute approximate surface area is 195 Å². The third-order valence-electron chi connectivity index (χ3n) is 5.96. The molecule has 34 heavy (non-hydrogen) atoms. The SMILES string of the molecule is CCc1cc(=O)oc2c(C)c(OC(C)C(=O)N[C@@H](Cc3c[nH]c4ccccc34)C(=O)O)ccc12. The summed E-state index contributed by atoms with van der Waals surface area (Å²) < 4.78 is 11.2. The molecule has 0 bridgehead atoms. The number of benzene rings is 2. The maximum atomic E-state index is 12.8. The average molecular weight is 463 g/mol. The number of aromatic nitrogens is 1. The lowest BCUT2D eigenvalue weighted by atomic mass is 10.0. The zero-order valence-corrected chi connectivity index (χ0v) is 19.2. The number of nitrogens with one attached hydrogen (secondary N) is 2. The van der Waals surface area contributed by atoms with E-state index in [-0.39, 0.29) is 6.42 Å². The van der Waals surface area contributed by atoms with Gasteiger partial charge in [0.1, 0.15) is 17.4 Å². The first kappa shape index (κ1) is 23.1. The van der Waals surface area contributed by atoms with Gasteiger partial charge in [0.15, 0.2) is 6.10 Å². The molecule has 2 heterocycles. The van der Waals surface area contributed by atoms with Crippen molar-refractivity contribution >= 4 is 33.7 Å². The van der Waals surface area contributed by atoms with Gasteiger partial charge in [-0.15, -0.1) is 0 Å². The van der Waals surface area contributed by atoms with Crippen molar-refractivity contribution in [1.82, 2.24) is 10.3 Å². The van der Waals surface area contributed by atoms with Crippen LogP contribution in [0.5, 0.6) is 5.75 Å². The number of amides is 1. The highest BCUT2D eigenvalue weighted by Gasteiger charge is 2.26. The molecule has 176 valence electrons. The number of rotatable bonds is 8. The molecule has 0 aliphatic carbocycles. The molecule has 0 aliphatic heterocycles. The van der Waals surface area contributed by atoms with Crippen LogP contribution in [0.15, 0.2) is 57.9 Å². The van der Waals surface area contributed by atoms with E-state index >= 15 is 0 Å². The molecule has 2 atom stereocenters. The minimum atomic E-state index is -1.14. The van der Waals surface area contributed by atoms with Crippen molar-refractivity contribution in [3.63, 3.8) is 0 Å². The van der Waals surface area contributed by atoms with E-state index in [0.717, 1.165) is 27.4 Å². The van der Waals surface area contributed by atoms with Crippen LogP contribution in [-0.2, 0) is 22.4 Å². The molecular formula is C26H26N2O6. The number of carbonyl (C=O) groups excluding carboxylic acids is 1. The first-order valence-corrected chi connectivity index (χ1v) is 11.1. The van der Waals surface area contributed by atoms with E-state index < -0.39 is 29.6 Å². The minimum Gasteiger partial charge on any atom is -0.480 e. The van der Waals surface area contributed by atoms with Crippen LogP contribution in [-0.4, -0.2) is 34.1 Å². The van der Waals surface area contributed by atoms with Crippen LogP contribution < -0.4 is 15.7 Å². The second-order valence-corrected chi connectivity index (χ2v) is 8.23. The molecule has 0 spiro atoms. The van der Waals surface area contributed by atoms with Crippen LogP contribution in [0.1, 0.15) is 30.5 Å². The second kappa shape index (κ2) is 9.43.